The summed E-state index contributed by atoms with van der Waals surface area (Å²) in [7, 11) is 0. The number of carbonyl (C=O) groups excluding carboxylic acids is 1. The first-order valence-electron chi connectivity index (χ1n) is 6.78. The van der Waals surface area contributed by atoms with Crippen molar-refractivity contribution in [1.29, 1.82) is 0 Å². The lowest BCUT2D eigenvalue weighted by molar-refractivity contribution is -0.114. The molecule has 1 amide bonds. The van der Waals surface area contributed by atoms with E-state index in [2.05, 4.69) is 21.8 Å². The summed E-state index contributed by atoms with van der Waals surface area (Å²) in [5.41, 5.74) is 8.52. The standard InChI is InChI=1S/C15H20N4O/c1-3-19-14(7-8-16)10-17-15(19)12-5-4-6-13(9-12)18-11(2)20/h4-6,9-10H,3,7-8,16H2,1-2H3,(H,18,20). The van der Waals surface area contributed by atoms with E-state index in [0.29, 0.717) is 6.54 Å². The molecule has 0 fully saturated rings. The lowest BCUT2D eigenvalue weighted by Crippen LogP contribution is -2.09. The Hall–Kier alpha value is -2.14. The number of nitrogens with zero attached hydrogens (tertiary/aromatic N) is 2. The zero-order valence-corrected chi connectivity index (χ0v) is 11.9. The minimum atomic E-state index is -0.0789. The third-order valence-electron chi connectivity index (χ3n) is 3.10. The molecule has 20 heavy (non-hydrogen) atoms. The van der Waals surface area contributed by atoms with E-state index in [0.717, 1.165) is 35.7 Å². The molecule has 0 aliphatic heterocycles. The SMILES string of the molecule is CCn1c(CCN)cnc1-c1cccc(NC(C)=O)c1. The number of amides is 1. The summed E-state index contributed by atoms with van der Waals surface area (Å²) in [5.74, 6) is 0.827. The van der Waals surface area contributed by atoms with E-state index in [1.54, 1.807) is 0 Å². The molecular formula is C15H20N4O. The first-order chi connectivity index (χ1) is 9.65. The van der Waals surface area contributed by atoms with Crippen LogP contribution in [0.4, 0.5) is 5.69 Å². The molecule has 0 saturated carbocycles. The minimum Gasteiger partial charge on any atom is -0.330 e. The predicted octanol–water partition coefficient (Wildman–Crippen LogP) is 2.03. The molecule has 5 heteroatoms. The Bertz CT molecular complexity index is 604. The van der Waals surface area contributed by atoms with Gasteiger partial charge in [0.1, 0.15) is 5.82 Å². The van der Waals surface area contributed by atoms with Crippen molar-refractivity contribution in [3.8, 4) is 11.4 Å². The maximum Gasteiger partial charge on any atom is 0.221 e. The van der Waals surface area contributed by atoms with Crippen molar-refractivity contribution in [2.24, 2.45) is 5.73 Å². The number of hydrogen-bond donors (Lipinski definition) is 2. The van der Waals surface area contributed by atoms with Crippen LogP contribution in [0.25, 0.3) is 11.4 Å². The Morgan fingerprint density at radius 3 is 2.90 bits per heavy atom. The number of aromatic nitrogens is 2. The Morgan fingerprint density at radius 1 is 1.45 bits per heavy atom. The highest BCUT2D eigenvalue weighted by Gasteiger charge is 2.10. The Morgan fingerprint density at radius 2 is 2.25 bits per heavy atom. The fraction of sp³-hybridized carbons (Fsp3) is 0.333. The highest BCUT2D eigenvalue weighted by molar-refractivity contribution is 5.89. The maximum absolute atomic E-state index is 11.1. The number of nitrogens with two attached hydrogens (primary N) is 1. The number of imidazole rings is 1. The summed E-state index contributed by atoms with van der Waals surface area (Å²) in [6.07, 6.45) is 2.68. The molecule has 0 bridgehead atoms. The highest BCUT2D eigenvalue weighted by atomic mass is 16.1. The van der Waals surface area contributed by atoms with E-state index >= 15 is 0 Å². The fourth-order valence-electron chi connectivity index (χ4n) is 2.28. The van der Waals surface area contributed by atoms with Gasteiger partial charge in [-0.15, -0.1) is 0 Å². The number of anilines is 1. The van der Waals surface area contributed by atoms with Gasteiger partial charge in [0.2, 0.25) is 5.91 Å². The van der Waals surface area contributed by atoms with Gasteiger partial charge >= 0.3 is 0 Å². The quantitative estimate of drug-likeness (QED) is 0.874. The molecule has 2 rings (SSSR count). The molecule has 0 aliphatic rings. The van der Waals surface area contributed by atoms with Crippen LogP contribution in [0, 0.1) is 0 Å². The van der Waals surface area contributed by atoms with Crippen molar-refractivity contribution in [2.75, 3.05) is 11.9 Å². The topological polar surface area (TPSA) is 72.9 Å². The third-order valence-corrected chi connectivity index (χ3v) is 3.10. The zero-order valence-electron chi connectivity index (χ0n) is 11.9. The first kappa shape index (κ1) is 14.3. The molecule has 0 spiro atoms. The van der Waals surface area contributed by atoms with Crippen molar-refractivity contribution in [3.05, 3.63) is 36.2 Å². The van der Waals surface area contributed by atoms with Gasteiger partial charge in [0.25, 0.3) is 0 Å². The summed E-state index contributed by atoms with van der Waals surface area (Å²) in [6, 6.07) is 7.71. The minimum absolute atomic E-state index is 0.0789. The van der Waals surface area contributed by atoms with E-state index in [-0.39, 0.29) is 5.91 Å². The lowest BCUT2D eigenvalue weighted by atomic mass is 10.2. The van der Waals surface area contributed by atoms with Crippen molar-refractivity contribution < 1.29 is 4.79 Å². The average molecular weight is 272 g/mol. The average Bonchev–Trinajstić information content (AvgIpc) is 2.81. The van der Waals surface area contributed by atoms with Crippen LogP contribution in [-0.4, -0.2) is 22.0 Å². The van der Waals surface area contributed by atoms with Crippen LogP contribution < -0.4 is 11.1 Å². The molecule has 0 atom stereocenters. The smallest absolute Gasteiger partial charge is 0.221 e. The third kappa shape index (κ3) is 3.05. The van der Waals surface area contributed by atoms with Crippen molar-refractivity contribution in [3.63, 3.8) is 0 Å². The maximum atomic E-state index is 11.1. The molecule has 0 radical (unpaired) electrons. The van der Waals surface area contributed by atoms with E-state index in [9.17, 15) is 4.79 Å². The van der Waals surface area contributed by atoms with E-state index in [4.69, 9.17) is 5.73 Å². The van der Waals surface area contributed by atoms with Gasteiger partial charge in [0.15, 0.2) is 0 Å². The van der Waals surface area contributed by atoms with Crippen LogP contribution in [0.2, 0.25) is 0 Å². The van der Waals surface area contributed by atoms with Gasteiger partial charge in [-0.3, -0.25) is 4.79 Å². The van der Waals surface area contributed by atoms with Crippen LogP contribution in [0.1, 0.15) is 19.5 Å². The number of hydrogen-bond acceptors (Lipinski definition) is 3. The molecule has 1 heterocycles. The largest absolute Gasteiger partial charge is 0.330 e. The van der Waals surface area contributed by atoms with Crippen molar-refractivity contribution in [2.45, 2.75) is 26.8 Å². The second-order valence-electron chi connectivity index (χ2n) is 4.62. The second-order valence-corrected chi connectivity index (χ2v) is 4.62. The monoisotopic (exact) mass is 272 g/mol. The van der Waals surface area contributed by atoms with Gasteiger partial charge < -0.3 is 15.6 Å². The molecule has 3 N–H and O–H groups in total. The first-order valence-corrected chi connectivity index (χ1v) is 6.78. The lowest BCUT2D eigenvalue weighted by Gasteiger charge is -2.10. The van der Waals surface area contributed by atoms with Crippen LogP contribution in [-0.2, 0) is 17.8 Å². The molecule has 1 aromatic heterocycles. The van der Waals surface area contributed by atoms with Crippen LogP contribution in [0.5, 0.6) is 0 Å². The molecule has 0 aliphatic carbocycles. The van der Waals surface area contributed by atoms with Gasteiger partial charge in [-0.05, 0) is 25.6 Å². The van der Waals surface area contributed by atoms with Crippen LogP contribution in [0.15, 0.2) is 30.5 Å². The van der Waals surface area contributed by atoms with E-state index < -0.39 is 0 Å². The normalized spacial score (nSPS) is 10.6. The molecule has 2 aromatic rings. The van der Waals surface area contributed by atoms with Gasteiger partial charge in [-0.25, -0.2) is 4.98 Å². The fourth-order valence-corrected chi connectivity index (χ4v) is 2.28. The Labute approximate surface area is 118 Å². The molecule has 5 nitrogen and oxygen atoms in total. The van der Waals surface area contributed by atoms with Gasteiger partial charge in [0.05, 0.1) is 0 Å². The summed E-state index contributed by atoms with van der Waals surface area (Å²) in [5, 5.41) is 2.79. The number of benzene rings is 1. The number of carbonyl (C=O) groups is 1. The molecule has 0 saturated heterocycles. The molecule has 106 valence electrons. The molecular weight excluding hydrogens is 252 g/mol. The van der Waals surface area contributed by atoms with Gasteiger partial charge in [-0.2, -0.15) is 0 Å². The summed E-state index contributed by atoms with van der Waals surface area (Å²) in [6.45, 7) is 5.04. The number of nitrogens with one attached hydrogen (secondary N) is 1. The van der Waals surface area contributed by atoms with Gasteiger partial charge in [-0.1, -0.05) is 12.1 Å². The van der Waals surface area contributed by atoms with Crippen molar-refractivity contribution in [1.82, 2.24) is 9.55 Å². The van der Waals surface area contributed by atoms with Crippen LogP contribution in [0.3, 0.4) is 0 Å². The van der Waals surface area contributed by atoms with Gasteiger partial charge in [0, 0.05) is 43.0 Å². The van der Waals surface area contributed by atoms with E-state index in [1.807, 2.05) is 30.5 Å². The summed E-state index contributed by atoms with van der Waals surface area (Å²) >= 11 is 0. The summed E-state index contributed by atoms with van der Waals surface area (Å²) < 4.78 is 2.15. The van der Waals surface area contributed by atoms with E-state index in [1.165, 1.54) is 6.92 Å². The second kappa shape index (κ2) is 6.34. The summed E-state index contributed by atoms with van der Waals surface area (Å²) in [4.78, 5) is 15.6. The highest BCUT2D eigenvalue weighted by Crippen LogP contribution is 2.23. The molecule has 1 aromatic carbocycles. The zero-order chi connectivity index (χ0) is 14.5. The number of rotatable bonds is 5. The van der Waals surface area contributed by atoms with Crippen LogP contribution >= 0.6 is 0 Å². The Kier molecular flexibility index (Phi) is 4.53. The van der Waals surface area contributed by atoms with Crippen molar-refractivity contribution >= 4 is 11.6 Å². The predicted molar refractivity (Wildman–Crippen MR) is 80.4 cm³/mol. The Balaban J connectivity index is 2.38. The molecule has 0 unspecified atom stereocenters.